The first-order valence-corrected chi connectivity index (χ1v) is 11.9. The second-order valence-electron chi connectivity index (χ2n) is 7.56. The van der Waals surface area contributed by atoms with Gasteiger partial charge in [0.25, 0.3) is 0 Å². The third-order valence-electron chi connectivity index (χ3n) is 5.61. The SMILES string of the molecule is Cc1ccc(S(=O)(=O)N2CCN(c3ccnc(N4CCCCC4)n3)CC2)cc1Cl. The molecule has 2 saturated heterocycles. The van der Waals surface area contributed by atoms with E-state index in [4.69, 9.17) is 16.6 Å². The van der Waals surface area contributed by atoms with Crippen molar-refractivity contribution < 1.29 is 8.42 Å². The van der Waals surface area contributed by atoms with E-state index in [1.54, 1.807) is 18.3 Å². The van der Waals surface area contributed by atoms with E-state index in [0.29, 0.717) is 31.2 Å². The van der Waals surface area contributed by atoms with Gasteiger partial charge in [-0.05, 0) is 49.9 Å². The maximum Gasteiger partial charge on any atom is 0.243 e. The minimum Gasteiger partial charge on any atom is -0.354 e. The molecule has 156 valence electrons. The first kappa shape index (κ1) is 20.4. The van der Waals surface area contributed by atoms with Gasteiger partial charge in [0.15, 0.2) is 0 Å². The fourth-order valence-corrected chi connectivity index (χ4v) is 5.50. The molecule has 29 heavy (non-hydrogen) atoms. The lowest BCUT2D eigenvalue weighted by Gasteiger charge is -2.35. The van der Waals surface area contributed by atoms with Crippen LogP contribution >= 0.6 is 11.6 Å². The summed E-state index contributed by atoms with van der Waals surface area (Å²) in [6.45, 7) is 5.86. The molecule has 0 unspecified atom stereocenters. The third kappa shape index (κ3) is 4.34. The zero-order chi connectivity index (χ0) is 20.4. The summed E-state index contributed by atoms with van der Waals surface area (Å²) in [7, 11) is -3.55. The first-order chi connectivity index (χ1) is 13.9. The maximum absolute atomic E-state index is 13.0. The predicted molar refractivity (Wildman–Crippen MR) is 115 cm³/mol. The highest BCUT2D eigenvalue weighted by Crippen LogP contribution is 2.25. The molecule has 0 N–H and O–H groups in total. The summed E-state index contributed by atoms with van der Waals surface area (Å²) >= 11 is 6.13. The zero-order valence-electron chi connectivity index (χ0n) is 16.6. The number of aryl methyl sites for hydroxylation is 1. The number of anilines is 2. The summed E-state index contributed by atoms with van der Waals surface area (Å²) < 4.78 is 27.5. The minimum absolute atomic E-state index is 0.246. The summed E-state index contributed by atoms with van der Waals surface area (Å²) in [6, 6.07) is 6.80. The van der Waals surface area contributed by atoms with Crippen molar-refractivity contribution in [3.05, 3.63) is 41.0 Å². The van der Waals surface area contributed by atoms with Crippen LogP contribution in [0.2, 0.25) is 5.02 Å². The van der Waals surface area contributed by atoms with Crippen LogP contribution in [0.1, 0.15) is 24.8 Å². The van der Waals surface area contributed by atoms with Crippen LogP contribution in [0.15, 0.2) is 35.4 Å². The molecule has 0 radical (unpaired) electrons. The fraction of sp³-hybridized carbons (Fsp3) is 0.500. The molecule has 3 heterocycles. The van der Waals surface area contributed by atoms with Crippen molar-refractivity contribution >= 4 is 33.4 Å². The second-order valence-corrected chi connectivity index (χ2v) is 9.91. The van der Waals surface area contributed by atoms with Gasteiger partial charge in [0.05, 0.1) is 4.90 Å². The zero-order valence-corrected chi connectivity index (χ0v) is 18.2. The molecule has 2 fully saturated rings. The molecule has 1 aromatic carbocycles. The van der Waals surface area contributed by atoms with Crippen molar-refractivity contribution in [1.82, 2.24) is 14.3 Å². The van der Waals surface area contributed by atoms with Crippen molar-refractivity contribution in [2.24, 2.45) is 0 Å². The molecule has 2 aliphatic rings. The number of sulfonamides is 1. The Morgan fingerprint density at radius 2 is 1.66 bits per heavy atom. The number of hydrogen-bond donors (Lipinski definition) is 0. The Bertz CT molecular complexity index is 971. The van der Waals surface area contributed by atoms with E-state index >= 15 is 0 Å². The molecule has 9 heteroatoms. The number of rotatable bonds is 4. The Hall–Kier alpha value is -1.90. The van der Waals surface area contributed by atoms with Gasteiger partial charge in [-0.15, -0.1) is 0 Å². The van der Waals surface area contributed by atoms with Gasteiger partial charge in [-0.3, -0.25) is 0 Å². The number of piperazine rings is 1. The Morgan fingerprint density at radius 1 is 0.931 bits per heavy atom. The molecule has 7 nitrogen and oxygen atoms in total. The number of nitrogens with zero attached hydrogens (tertiary/aromatic N) is 5. The molecule has 4 rings (SSSR count). The average molecular weight is 436 g/mol. The van der Waals surface area contributed by atoms with Gasteiger partial charge < -0.3 is 9.80 Å². The summed E-state index contributed by atoms with van der Waals surface area (Å²) in [5.41, 5.74) is 0.865. The molecule has 0 bridgehead atoms. The lowest BCUT2D eigenvalue weighted by atomic mass is 10.1. The quantitative estimate of drug-likeness (QED) is 0.735. The molecule has 0 saturated carbocycles. The van der Waals surface area contributed by atoms with Crippen LogP contribution in [0.5, 0.6) is 0 Å². The van der Waals surface area contributed by atoms with Crippen molar-refractivity contribution in [1.29, 1.82) is 0 Å². The Balaban J connectivity index is 1.44. The Labute approximate surface area is 177 Å². The lowest BCUT2D eigenvalue weighted by Crippen LogP contribution is -2.49. The molecule has 1 aromatic heterocycles. The molecular weight excluding hydrogens is 410 g/mol. The fourth-order valence-electron chi connectivity index (χ4n) is 3.80. The van der Waals surface area contributed by atoms with Gasteiger partial charge in [-0.25, -0.2) is 13.4 Å². The summed E-state index contributed by atoms with van der Waals surface area (Å²) in [5, 5.41) is 0.468. The topological polar surface area (TPSA) is 69.6 Å². The number of halogens is 1. The van der Waals surface area contributed by atoms with Crippen LogP contribution in [0.25, 0.3) is 0 Å². The highest BCUT2D eigenvalue weighted by atomic mass is 35.5. The van der Waals surface area contributed by atoms with Crippen LogP contribution < -0.4 is 9.80 Å². The molecule has 0 spiro atoms. The molecule has 2 aromatic rings. The van der Waals surface area contributed by atoms with E-state index in [0.717, 1.165) is 30.4 Å². The van der Waals surface area contributed by atoms with Crippen molar-refractivity contribution in [2.75, 3.05) is 49.1 Å². The number of aromatic nitrogens is 2. The van der Waals surface area contributed by atoms with Crippen molar-refractivity contribution in [3.8, 4) is 0 Å². The van der Waals surface area contributed by atoms with Crippen LogP contribution in [0, 0.1) is 6.92 Å². The standard InChI is InChI=1S/C20H26ClN5O2S/c1-16-5-6-17(15-18(16)21)29(27,28)26-13-11-24(12-14-26)19-7-8-22-20(23-19)25-9-3-2-4-10-25/h5-8,15H,2-4,9-14H2,1H3. The Kier molecular flexibility index (Phi) is 5.94. The summed E-state index contributed by atoms with van der Waals surface area (Å²) in [5.74, 6) is 1.63. The largest absolute Gasteiger partial charge is 0.354 e. The number of benzene rings is 1. The molecule has 2 aliphatic heterocycles. The molecule has 0 atom stereocenters. The molecule has 0 aliphatic carbocycles. The van der Waals surface area contributed by atoms with E-state index in [9.17, 15) is 8.42 Å². The van der Waals surface area contributed by atoms with E-state index in [1.165, 1.54) is 29.6 Å². The average Bonchev–Trinajstić information content (AvgIpc) is 2.76. The van der Waals surface area contributed by atoms with Crippen LogP contribution in [-0.4, -0.2) is 62.0 Å². The van der Waals surface area contributed by atoms with Gasteiger partial charge in [-0.2, -0.15) is 9.29 Å². The van der Waals surface area contributed by atoms with Crippen molar-refractivity contribution in [3.63, 3.8) is 0 Å². The van der Waals surface area contributed by atoms with Crippen LogP contribution in [0.4, 0.5) is 11.8 Å². The van der Waals surface area contributed by atoms with Gasteiger partial charge >= 0.3 is 0 Å². The van der Waals surface area contributed by atoms with E-state index in [1.807, 2.05) is 13.0 Å². The predicted octanol–water partition coefficient (Wildman–Crippen LogP) is 2.94. The molecular formula is C20H26ClN5O2S. The van der Waals surface area contributed by atoms with Crippen LogP contribution in [-0.2, 0) is 10.0 Å². The monoisotopic (exact) mass is 435 g/mol. The van der Waals surface area contributed by atoms with Crippen LogP contribution in [0.3, 0.4) is 0 Å². The summed E-state index contributed by atoms with van der Waals surface area (Å²) in [4.78, 5) is 13.8. The number of hydrogen-bond acceptors (Lipinski definition) is 6. The minimum atomic E-state index is -3.55. The lowest BCUT2D eigenvalue weighted by molar-refractivity contribution is 0.383. The van der Waals surface area contributed by atoms with E-state index in [-0.39, 0.29) is 4.90 Å². The van der Waals surface area contributed by atoms with Gasteiger partial charge in [0.1, 0.15) is 5.82 Å². The highest BCUT2D eigenvalue weighted by Gasteiger charge is 2.29. The highest BCUT2D eigenvalue weighted by molar-refractivity contribution is 7.89. The van der Waals surface area contributed by atoms with Gasteiger partial charge in [-0.1, -0.05) is 17.7 Å². The van der Waals surface area contributed by atoms with Gasteiger partial charge in [0.2, 0.25) is 16.0 Å². The summed E-state index contributed by atoms with van der Waals surface area (Å²) in [6.07, 6.45) is 5.41. The van der Waals surface area contributed by atoms with E-state index in [2.05, 4.69) is 14.8 Å². The Morgan fingerprint density at radius 3 is 2.34 bits per heavy atom. The third-order valence-corrected chi connectivity index (χ3v) is 7.91. The smallest absolute Gasteiger partial charge is 0.243 e. The number of piperidine rings is 1. The second kappa shape index (κ2) is 8.45. The first-order valence-electron chi connectivity index (χ1n) is 10.0. The molecule has 0 amide bonds. The van der Waals surface area contributed by atoms with Gasteiger partial charge in [0, 0.05) is 50.5 Å². The van der Waals surface area contributed by atoms with Crippen molar-refractivity contribution in [2.45, 2.75) is 31.1 Å². The maximum atomic E-state index is 13.0. The van der Waals surface area contributed by atoms with E-state index < -0.39 is 10.0 Å². The normalized spacial score (nSPS) is 18.8.